The first kappa shape index (κ1) is 32.9. The Labute approximate surface area is 260 Å². The maximum atomic E-state index is 13.2. The van der Waals surface area contributed by atoms with Gasteiger partial charge in [0, 0.05) is 28.1 Å². The highest BCUT2D eigenvalue weighted by molar-refractivity contribution is 7.84. The standard InChI is InChI=1S/C32H39ClN2O7S/c1-30(2,3)43(39)35-31(4)19-42-29-23(31)18-27(34-28(29)20-7-10-22(33)11-8-20)32(5,38)14-13-24(37)21-9-12-25(41-16-15-36)26(17-21)40-6/h7-12,17-18,35-36,38H,13-16,19H2,1-6H3. The largest absolute Gasteiger partial charge is 0.493 e. The maximum Gasteiger partial charge on any atom is 0.163 e. The third kappa shape index (κ3) is 7.38. The normalized spacial score (nSPS) is 18.3. The molecular weight excluding hydrogens is 592 g/mol. The van der Waals surface area contributed by atoms with Crippen molar-refractivity contribution < 1.29 is 33.4 Å². The van der Waals surface area contributed by atoms with Crippen molar-refractivity contribution >= 4 is 28.4 Å². The Bertz CT molecular complexity index is 1500. The van der Waals surface area contributed by atoms with E-state index in [9.17, 15) is 14.1 Å². The van der Waals surface area contributed by atoms with Gasteiger partial charge in [0.15, 0.2) is 23.0 Å². The van der Waals surface area contributed by atoms with Crippen molar-refractivity contribution in [3.8, 4) is 28.5 Å². The number of ketones is 1. The van der Waals surface area contributed by atoms with E-state index in [4.69, 9.17) is 35.9 Å². The summed E-state index contributed by atoms with van der Waals surface area (Å²) in [6, 6.07) is 13.8. The van der Waals surface area contributed by atoms with Crippen LogP contribution in [0, 0.1) is 0 Å². The molecule has 3 N–H and O–H groups in total. The number of fused-ring (bicyclic) bond motifs is 1. The molecule has 3 unspecified atom stereocenters. The summed E-state index contributed by atoms with van der Waals surface area (Å²) in [4.78, 5) is 18.0. The lowest BCUT2D eigenvalue weighted by atomic mass is 9.88. The smallest absolute Gasteiger partial charge is 0.163 e. The number of hydrogen-bond acceptors (Lipinski definition) is 8. The van der Waals surface area contributed by atoms with Gasteiger partial charge in [-0.05, 0) is 77.4 Å². The van der Waals surface area contributed by atoms with Gasteiger partial charge in [-0.1, -0.05) is 23.7 Å². The van der Waals surface area contributed by atoms with Crippen molar-refractivity contribution in [2.75, 3.05) is 26.9 Å². The molecule has 3 aromatic rings. The number of aromatic nitrogens is 1. The Hall–Kier alpha value is -3.02. The number of halogens is 1. The van der Waals surface area contributed by atoms with Gasteiger partial charge < -0.3 is 24.4 Å². The molecule has 0 saturated carbocycles. The SMILES string of the molecule is COc1cc(C(=O)CCC(C)(O)c2cc3c(c(-c4ccc(Cl)cc4)n2)OCC3(C)NS(=O)C(C)(C)C)ccc1OCCO. The molecule has 0 amide bonds. The van der Waals surface area contributed by atoms with Gasteiger partial charge in [-0.2, -0.15) is 0 Å². The van der Waals surface area contributed by atoms with Gasteiger partial charge in [-0.25, -0.2) is 13.9 Å². The van der Waals surface area contributed by atoms with Crippen LogP contribution in [0.2, 0.25) is 5.02 Å². The van der Waals surface area contributed by atoms with Gasteiger partial charge in [0.1, 0.15) is 24.5 Å². The summed E-state index contributed by atoms with van der Waals surface area (Å²) in [6.45, 7) is 9.38. The van der Waals surface area contributed by atoms with Crippen LogP contribution in [-0.2, 0) is 22.1 Å². The lowest BCUT2D eigenvalue weighted by Gasteiger charge is -2.30. The lowest BCUT2D eigenvalue weighted by molar-refractivity contribution is 0.0396. The van der Waals surface area contributed by atoms with Crippen LogP contribution < -0.4 is 18.9 Å². The number of carbonyl (C=O) groups is 1. The molecule has 3 atom stereocenters. The number of Topliss-reactive ketones (excluding diaryl/α,β-unsaturated/α-hetero) is 1. The number of methoxy groups -OCH3 is 1. The summed E-state index contributed by atoms with van der Waals surface area (Å²) in [7, 11) is 0.0737. The van der Waals surface area contributed by atoms with Crippen molar-refractivity contribution in [2.45, 2.75) is 63.3 Å². The number of aliphatic hydroxyl groups is 2. The van der Waals surface area contributed by atoms with Gasteiger partial charge >= 0.3 is 0 Å². The fourth-order valence-electron chi connectivity index (χ4n) is 4.65. The van der Waals surface area contributed by atoms with E-state index in [1.54, 1.807) is 43.3 Å². The number of pyridine rings is 1. The quantitative estimate of drug-likeness (QED) is 0.230. The molecule has 1 aromatic heterocycles. The first-order chi connectivity index (χ1) is 20.2. The number of rotatable bonds is 12. The van der Waals surface area contributed by atoms with Crippen LogP contribution in [0.15, 0.2) is 48.5 Å². The second-order valence-corrected chi connectivity index (χ2v) is 14.4. The summed E-state index contributed by atoms with van der Waals surface area (Å²) in [6.07, 6.45) is 0.115. The molecule has 9 nitrogen and oxygen atoms in total. The van der Waals surface area contributed by atoms with Crippen LogP contribution in [0.25, 0.3) is 11.3 Å². The van der Waals surface area contributed by atoms with E-state index in [2.05, 4.69) is 4.72 Å². The summed E-state index contributed by atoms with van der Waals surface area (Å²) >= 11 is 6.14. The average molecular weight is 631 g/mol. The molecule has 0 bridgehead atoms. The number of carbonyl (C=O) groups excluding carboxylic acids is 1. The highest BCUT2D eigenvalue weighted by Gasteiger charge is 2.43. The Morgan fingerprint density at radius 2 is 1.84 bits per heavy atom. The van der Waals surface area contributed by atoms with Gasteiger partial charge in [0.25, 0.3) is 0 Å². The molecule has 0 spiro atoms. The number of hydrogen-bond donors (Lipinski definition) is 3. The summed E-state index contributed by atoms with van der Waals surface area (Å²) in [5.74, 6) is 1.14. The Kier molecular flexibility index (Phi) is 9.88. The Balaban J connectivity index is 1.67. The molecule has 0 radical (unpaired) electrons. The summed E-state index contributed by atoms with van der Waals surface area (Å²) < 4.78 is 32.8. The second-order valence-electron chi connectivity index (χ2n) is 12.0. The van der Waals surface area contributed by atoms with E-state index >= 15 is 0 Å². The fourth-order valence-corrected chi connectivity index (χ4v) is 5.66. The highest BCUT2D eigenvalue weighted by Crippen LogP contribution is 2.45. The highest BCUT2D eigenvalue weighted by atomic mass is 35.5. The molecule has 0 aliphatic carbocycles. The molecule has 4 rings (SSSR count). The van der Waals surface area contributed by atoms with Crippen LogP contribution in [0.3, 0.4) is 0 Å². The zero-order chi connectivity index (χ0) is 31.6. The monoisotopic (exact) mass is 630 g/mol. The molecule has 232 valence electrons. The van der Waals surface area contributed by atoms with Gasteiger partial charge in [-0.15, -0.1) is 0 Å². The number of nitrogens with zero attached hydrogens (tertiary/aromatic N) is 1. The predicted octanol–water partition coefficient (Wildman–Crippen LogP) is 5.31. The molecule has 2 heterocycles. The number of benzene rings is 2. The van der Waals surface area contributed by atoms with Crippen LogP contribution in [0.1, 0.15) is 69.1 Å². The van der Waals surface area contributed by atoms with Gasteiger partial charge in [-0.3, -0.25) is 4.79 Å². The molecular formula is C32H39ClN2O7S. The first-order valence-corrected chi connectivity index (χ1v) is 15.5. The molecule has 1 aliphatic heterocycles. The molecule has 11 heteroatoms. The Morgan fingerprint density at radius 1 is 1.14 bits per heavy atom. The zero-order valence-electron chi connectivity index (χ0n) is 25.3. The minimum atomic E-state index is -1.49. The van der Waals surface area contributed by atoms with E-state index in [0.717, 1.165) is 11.1 Å². The van der Waals surface area contributed by atoms with Crippen molar-refractivity contribution in [1.29, 1.82) is 0 Å². The third-order valence-electron chi connectivity index (χ3n) is 7.29. The van der Waals surface area contributed by atoms with Crippen LogP contribution >= 0.6 is 11.6 Å². The Morgan fingerprint density at radius 3 is 2.47 bits per heavy atom. The minimum Gasteiger partial charge on any atom is -0.493 e. The summed E-state index contributed by atoms with van der Waals surface area (Å²) in [5.41, 5.74) is 0.422. The number of ether oxygens (including phenoxy) is 3. The molecule has 2 aromatic carbocycles. The second kappa shape index (κ2) is 12.9. The number of aliphatic hydroxyl groups excluding tert-OH is 1. The van der Waals surface area contributed by atoms with Crippen LogP contribution in [0.4, 0.5) is 0 Å². The van der Waals surface area contributed by atoms with Crippen LogP contribution in [-0.4, -0.2) is 56.9 Å². The van der Waals surface area contributed by atoms with Crippen LogP contribution in [0.5, 0.6) is 17.2 Å². The lowest BCUT2D eigenvalue weighted by Crippen LogP contribution is -2.47. The summed E-state index contributed by atoms with van der Waals surface area (Å²) in [5, 5.41) is 21.3. The number of nitrogens with one attached hydrogen (secondary N) is 1. The third-order valence-corrected chi connectivity index (χ3v) is 9.29. The van der Waals surface area contributed by atoms with E-state index < -0.39 is 26.9 Å². The van der Waals surface area contributed by atoms with Crippen molar-refractivity contribution in [3.63, 3.8) is 0 Å². The van der Waals surface area contributed by atoms with Crippen molar-refractivity contribution in [1.82, 2.24) is 9.71 Å². The van der Waals surface area contributed by atoms with Crippen molar-refractivity contribution in [2.24, 2.45) is 0 Å². The molecule has 0 saturated heterocycles. The topological polar surface area (TPSA) is 127 Å². The van der Waals surface area contributed by atoms with Crippen molar-refractivity contribution in [3.05, 3.63) is 70.4 Å². The van der Waals surface area contributed by atoms with E-state index in [0.29, 0.717) is 39.2 Å². The van der Waals surface area contributed by atoms with E-state index in [1.807, 2.05) is 39.8 Å². The minimum absolute atomic E-state index is 0.0299. The average Bonchev–Trinajstić information content (AvgIpc) is 3.30. The molecule has 0 fully saturated rings. The van der Waals surface area contributed by atoms with E-state index in [1.165, 1.54) is 7.11 Å². The zero-order valence-corrected chi connectivity index (χ0v) is 26.9. The van der Waals surface area contributed by atoms with E-state index in [-0.39, 0.29) is 38.4 Å². The molecule has 43 heavy (non-hydrogen) atoms. The van der Waals surface area contributed by atoms with Gasteiger partial charge in [0.2, 0.25) is 0 Å². The first-order valence-electron chi connectivity index (χ1n) is 14.0. The fraction of sp³-hybridized carbons (Fsp3) is 0.438. The molecule has 1 aliphatic rings. The predicted molar refractivity (Wildman–Crippen MR) is 167 cm³/mol. The van der Waals surface area contributed by atoms with Gasteiger partial charge in [0.05, 0.1) is 40.7 Å². The maximum absolute atomic E-state index is 13.2.